The molecule has 32 heavy (non-hydrogen) atoms. The zero-order valence-corrected chi connectivity index (χ0v) is 19.1. The average molecular weight is 432 g/mol. The number of aryl methyl sites for hydroxylation is 1. The van der Waals surface area contributed by atoms with E-state index in [9.17, 15) is 4.79 Å². The topological polar surface area (TPSA) is 68.4 Å². The molecule has 0 radical (unpaired) electrons. The summed E-state index contributed by atoms with van der Waals surface area (Å²) in [5, 5.41) is 1.16. The van der Waals surface area contributed by atoms with Crippen molar-refractivity contribution in [3.05, 3.63) is 60.3 Å². The van der Waals surface area contributed by atoms with Gasteiger partial charge in [0.05, 0.1) is 5.52 Å². The second-order valence-corrected chi connectivity index (χ2v) is 8.78. The van der Waals surface area contributed by atoms with Gasteiger partial charge in [-0.1, -0.05) is 56.5 Å². The molecule has 0 aliphatic carbocycles. The summed E-state index contributed by atoms with van der Waals surface area (Å²) < 4.78 is 6.32. The van der Waals surface area contributed by atoms with Crippen LogP contribution in [-0.4, -0.2) is 34.6 Å². The van der Waals surface area contributed by atoms with E-state index in [2.05, 4.69) is 49.2 Å². The van der Waals surface area contributed by atoms with Crippen LogP contribution < -0.4 is 10.5 Å². The quantitative estimate of drug-likeness (QED) is 0.461. The van der Waals surface area contributed by atoms with Crippen LogP contribution in [-0.2, 0) is 0 Å². The lowest BCUT2D eigenvalue weighted by molar-refractivity contribution is 0.0723. The Morgan fingerprint density at radius 3 is 2.72 bits per heavy atom. The predicted molar refractivity (Wildman–Crippen MR) is 130 cm³/mol. The van der Waals surface area contributed by atoms with Gasteiger partial charge < -0.3 is 15.4 Å². The number of urea groups is 1. The van der Waals surface area contributed by atoms with Crippen LogP contribution in [0.25, 0.3) is 22.0 Å². The maximum Gasteiger partial charge on any atom is 0.315 e. The first-order chi connectivity index (χ1) is 15.6. The van der Waals surface area contributed by atoms with E-state index < -0.39 is 0 Å². The normalized spacial score (nSPS) is 18.6. The summed E-state index contributed by atoms with van der Waals surface area (Å²) in [5.74, 6) is 0.871. The molecule has 1 aliphatic heterocycles. The molecule has 5 nitrogen and oxygen atoms in total. The van der Waals surface area contributed by atoms with Gasteiger partial charge in [0, 0.05) is 37.0 Å². The highest BCUT2D eigenvalue weighted by atomic mass is 16.5. The van der Waals surface area contributed by atoms with Crippen LogP contribution in [0.5, 0.6) is 5.75 Å². The van der Waals surface area contributed by atoms with Crippen LogP contribution in [0.1, 0.15) is 51.0 Å². The van der Waals surface area contributed by atoms with Gasteiger partial charge in [-0.15, -0.1) is 0 Å². The third-order valence-corrected chi connectivity index (χ3v) is 6.59. The van der Waals surface area contributed by atoms with Crippen molar-refractivity contribution in [2.75, 3.05) is 6.54 Å². The van der Waals surface area contributed by atoms with Crippen molar-refractivity contribution in [3.8, 4) is 16.9 Å². The lowest BCUT2D eigenvalue weighted by Crippen LogP contribution is -2.50. The van der Waals surface area contributed by atoms with E-state index in [0.717, 1.165) is 47.9 Å². The van der Waals surface area contributed by atoms with Crippen molar-refractivity contribution in [1.82, 2.24) is 9.88 Å². The highest BCUT2D eigenvalue weighted by Crippen LogP contribution is 2.31. The lowest BCUT2D eigenvalue weighted by atomic mass is 9.95. The van der Waals surface area contributed by atoms with E-state index in [1.807, 2.05) is 29.3 Å². The van der Waals surface area contributed by atoms with Gasteiger partial charge in [0.2, 0.25) is 0 Å². The van der Waals surface area contributed by atoms with Gasteiger partial charge in [-0.25, -0.2) is 4.79 Å². The SMILES string of the molecule is CCCCCC1CC(Oc2ccc(-c3ccc4cccnc4c3C)cc2)CCN1C(N)=O. The monoisotopic (exact) mass is 431 g/mol. The fraction of sp³-hybridized carbons (Fsp3) is 0.407. The van der Waals surface area contributed by atoms with Gasteiger partial charge in [-0.05, 0) is 48.2 Å². The number of pyridine rings is 1. The van der Waals surface area contributed by atoms with E-state index in [4.69, 9.17) is 10.5 Å². The number of amides is 2. The third-order valence-electron chi connectivity index (χ3n) is 6.59. The fourth-order valence-electron chi connectivity index (χ4n) is 4.82. The largest absolute Gasteiger partial charge is 0.490 e. The molecule has 5 heteroatoms. The molecule has 1 aliphatic rings. The van der Waals surface area contributed by atoms with E-state index in [1.54, 1.807) is 0 Å². The van der Waals surface area contributed by atoms with Crippen LogP contribution in [0.4, 0.5) is 4.79 Å². The van der Waals surface area contributed by atoms with Gasteiger partial charge in [0.1, 0.15) is 11.9 Å². The Morgan fingerprint density at radius 2 is 1.97 bits per heavy atom. The number of fused-ring (bicyclic) bond motifs is 1. The van der Waals surface area contributed by atoms with Crippen molar-refractivity contribution in [3.63, 3.8) is 0 Å². The number of hydrogen-bond acceptors (Lipinski definition) is 3. The number of ether oxygens (including phenoxy) is 1. The van der Waals surface area contributed by atoms with Crippen molar-refractivity contribution in [2.24, 2.45) is 5.73 Å². The summed E-state index contributed by atoms with van der Waals surface area (Å²) in [7, 11) is 0. The minimum atomic E-state index is -0.311. The number of nitrogens with zero attached hydrogens (tertiary/aromatic N) is 2. The highest BCUT2D eigenvalue weighted by molar-refractivity contribution is 5.88. The highest BCUT2D eigenvalue weighted by Gasteiger charge is 2.31. The summed E-state index contributed by atoms with van der Waals surface area (Å²) in [6.07, 6.45) is 8.05. The molecule has 4 rings (SSSR count). The number of primary amides is 1. The number of hydrogen-bond donors (Lipinski definition) is 1. The number of likely N-dealkylation sites (tertiary alicyclic amines) is 1. The average Bonchev–Trinajstić information content (AvgIpc) is 2.80. The first-order valence-electron chi connectivity index (χ1n) is 11.7. The molecule has 1 saturated heterocycles. The number of piperidine rings is 1. The van der Waals surface area contributed by atoms with E-state index in [0.29, 0.717) is 6.54 Å². The molecule has 2 aromatic carbocycles. The van der Waals surface area contributed by atoms with Crippen LogP contribution in [0.3, 0.4) is 0 Å². The van der Waals surface area contributed by atoms with Crippen molar-refractivity contribution in [1.29, 1.82) is 0 Å². The maximum absolute atomic E-state index is 11.8. The standard InChI is InChI=1S/C27H33N3O2/c1-3-4-5-8-22-18-24(15-17-30(22)27(28)31)32-23-12-9-20(10-13-23)25-14-11-21-7-6-16-29-26(21)19(25)2/h6-7,9-14,16,22,24H,3-5,8,15,17-18H2,1-2H3,(H2,28,31). The molecule has 0 saturated carbocycles. The summed E-state index contributed by atoms with van der Waals surface area (Å²) in [6, 6.07) is 16.5. The molecule has 2 unspecified atom stereocenters. The summed E-state index contributed by atoms with van der Waals surface area (Å²) in [4.78, 5) is 18.2. The number of aromatic nitrogens is 1. The molecule has 0 bridgehead atoms. The predicted octanol–water partition coefficient (Wildman–Crippen LogP) is 6.08. The Hall–Kier alpha value is -3.08. The summed E-state index contributed by atoms with van der Waals surface area (Å²) in [5.41, 5.74) is 10.2. The number of nitrogens with two attached hydrogens (primary N) is 1. The van der Waals surface area contributed by atoms with Crippen LogP contribution in [0.15, 0.2) is 54.7 Å². The molecule has 2 atom stereocenters. The van der Waals surface area contributed by atoms with Crippen molar-refractivity contribution < 1.29 is 9.53 Å². The van der Waals surface area contributed by atoms with E-state index in [-0.39, 0.29) is 18.2 Å². The number of unbranched alkanes of at least 4 members (excludes halogenated alkanes) is 2. The first kappa shape index (κ1) is 22.1. The summed E-state index contributed by atoms with van der Waals surface area (Å²) >= 11 is 0. The molecule has 1 fully saturated rings. The van der Waals surface area contributed by atoms with E-state index in [1.165, 1.54) is 24.0 Å². The van der Waals surface area contributed by atoms with Crippen molar-refractivity contribution in [2.45, 2.75) is 64.5 Å². The first-order valence-corrected chi connectivity index (χ1v) is 11.7. The van der Waals surface area contributed by atoms with Gasteiger partial charge in [-0.3, -0.25) is 4.98 Å². The third kappa shape index (κ3) is 4.87. The minimum absolute atomic E-state index is 0.106. The molecule has 1 aromatic heterocycles. The fourth-order valence-corrected chi connectivity index (χ4v) is 4.82. The smallest absolute Gasteiger partial charge is 0.315 e. The molecule has 2 heterocycles. The second kappa shape index (κ2) is 10.0. The minimum Gasteiger partial charge on any atom is -0.490 e. The van der Waals surface area contributed by atoms with Crippen LogP contribution in [0, 0.1) is 6.92 Å². The van der Waals surface area contributed by atoms with E-state index >= 15 is 0 Å². The molecular weight excluding hydrogens is 398 g/mol. The van der Waals surface area contributed by atoms with Crippen LogP contribution >= 0.6 is 0 Å². The number of carbonyl (C=O) groups is 1. The number of benzene rings is 2. The second-order valence-electron chi connectivity index (χ2n) is 8.78. The molecule has 2 amide bonds. The van der Waals surface area contributed by atoms with Gasteiger partial charge in [-0.2, -0.15) is 0 Å². The Kier molecular flexibility index (Phi) is 6.93. The number of carbonyl (C=O) groups excluding carboxylic acids is 1. The lowest BCUT2D eigenvalue weighted by Gasteiger charge is -2.38. The Balaban J connectivity index is 1.44. The van der Waals surface area contributed by atoms with Gasteiger partial charge in [0.15, 0.2) is 0 Å². The Labute approximate surface area is 190 Å². The molecule has 0 spiro atoms. The molecule has 3 aromatic rings. The van der Waals surface area contributed by atoms with Gasteiger partial charge in [0.25, 0.3) is 0 Å². The molecule has 2 N–H and O–H groups in total. The number of rotatable bonds is 7. The molecule has 168 valence electrons. The Bertz CT molecular complexity index is 1060. The zero-order chi connectivity index (χ0) is 22.5. The summed E-state index contributed by atoms with van der Waals surface area (Å²) in [6.45, 7) is 4.98. The van der Waals surface area contributed by atoms with Crippen molar-refractivity contribution >= 4 is 16.9 Å². The Morgan fingerprint density at radius 1 is 1.16 bits per heavy atom. The molecular formula is C27H33N3O2. The van der Waals surface area contributed by atoms with Crippen LogP contribution in [0.2, 0.25) is 0 Å². The maximum atomic E-state index is 11.8. The zero-order valence-electron chi connectivity index (χ0n) is 19.1. The van der Waals surface area contributed by atoms with Gasteiger partial charge >= 0.3 is 6.03 Å².